The molecule has 0 unspecified atom stereocenters. The topological polar surface area (TPSA) is 61.4 Å². The number of carbonyl (C=O) groups excluding carboxylic acids is 1. The van der Waals surface area contributed by atoms with Gasteiger partial charge in [-0.05, 0) is 77.2 Å². The van der Waals surface area contributed by atoms with Crippen molar-refractivity contribution in [1.29, 1.82) is 0 Å². The van der Waals surface area contributed by atoms with E-state index < -0.39 is 0 Å². The van der Waals surface area contributed by atoms with E-state index >= 15 is 0 Å². The predicted octanol–water partition coefficient (Wildman–Crippen LogP) is 1.91. The van der Waals surface area contributed by atoms with E-state index in [1.807, 2.05) is 6.92 Å². The van der Waals surface area contributed by atoms with Gasteiger partial charge in [-0.25, -0.2) is 0 Å². The van der Waals surface area contributed by atoms with Crippen LogP contribution in [0.4, 0.5) is 5.82 Å². The number of amides is 1. The Labute approximate surface area is 151 Å². The maximum atomic E-state index is 12.4. The lowest BCUT2D eigenvalue weighted by Crippen LogP contribution is -2.41. The molecule has 2 aliphatic rings. The number of nitrogens with one attached hydrogen (secondary N) is 1. The number of aryl methyl sites for hydroxylation is 2. The summed E-state index contributed by atoms with van der Waals surface area (Å²) in [5.41, 5.74) is 2.15. The summed E-state index contributed by atoms with van der Waals surface area (Å²) >= 11 is 0. The number of piperidine rings is 1. The number of anilines is 1. The van der Waals surface area contributed by atoms with Gasteiger partial charge in [0.2, 0.25) is 5.91 Å². The molecule has 6 heteroatoms. The minimum atomic E-state index is 0.141. The van der Waals surface area contributed by atoms with Gasteiger partial charge in [0.05, 0.1) is 5.69 Å². The average Bonchev–Trinajstić information content (AvgIpc) is 3.14. The number of hydrogen-bond donors (Lipinski definition) is 1. The summed E-state index contributed by atoms with van der Waals surface area (Å²) in [4.78, 5) is 17.1. The molecule has 1 aromatic rings. The fraction of sp³-hybridized carbons (Fsp3) is 0.737. The molecule has 0 spiro atoms. The highest BCUT2D eigenvalue weighted by molar-refractivity contribution is 5.78. The van der Waals surface area contributed by atoms with E-state index in [0.29, 0.717) is 0 Å². The molecule has 1 amide bonds. The van der Waals surface area contributed by atoms with Crippen molar-refractivity contribution in [2.75, 3.05) is 44.2 Å². The second kappa shape index (κ2) is 8.61. The number of carbonyl (C=O) groups is 1. The first-order chi connectivity index (χ1) is 12.1. The number of rotatable bonds is 6. The first-order valence-corrected chi connectivity index (χ1v) is 9.69. The lowest BCUT2D eigenvalue weighted by Gasteiger charge is -2.32. The Bertz CT molecular complexity index is 577. The highest BCUT2D eigenvalue weighted by atomic mass is 16.1. The van der Waals surface area contributed by atoms with Gasteiger partial charge >= 0.3 is 0 Å². The molecular formula is C19H31N5O. The molecule has 1 aromatic heterocycles. The van der Waals surface area contributed by atoms with Gasteiger partial charge in [0.25, 0.3) is 0 Å². The second-order valence-corrected chi connectivity index (χ2v) is 7.43. The van der Waals surface area contributed by atoms with Crippen molar-refractivity contribution < 1.29 is 4.79 Å². The number of aromatic nitrogens is 2. The molecule has 0 bridgehead atoms. The summed E-state index contributed by atoms with van der Waals surface area (Å²) in [6, 6.07) is 2.10. The van der Waals surface area contributed by atoms with Crippen molar-refractivity contribution in [1.82, 2.24) is 20.4 Å². The SMILES string of the molecule is Cc1cc(N2CCC(C(=O)NCCCN3CCCC3)CC2)nnc1C. The fourth-order valence-corrected chi connectivity index (χ4v) is 3.72. The molecule has 2 saturated heterocycles. The predicted molar refractivity (Wildman–Crippen MR) is 99.7 cm³/mol. The van der Waals surface area contributed by atoms with Gasteiger partial charge in [0, 0.05) is 25.6 Å². The summed E-state index contributed by atoms with van der Waals surface area (Å²) < 4.78 is 0. The van der Waals surface area contributed by atoms with Crippen LogP contribution in [0.15, 0.2) is 6.07 Å². The number of hydrogen-bond acceptors (Lipinski definition) is 5. The van der Waals surface area contributed by atoms with Gasteiger partial charge in [-0.1, -0.05) is 0 Å². The molecule has 0 saturated carbocycles. The Balaban J connectivity index is 1.37. The molecule has 2 fully saturated rings. The standard InChI is InChI=1S/C19H31N5O/c1-15-14-18(22-21-16(15)2)24-12-6-17(7-13-24)19(25)20-8-5-11-23-9-3-4-10-23/h14,17H,3-13H2,1-2H3,(H,20,25). The van der Waals surface area contributed by atoms with Crippen molar-refractivity contribution >= 4 is 11.7 Å². The van der Waals surface area contributed by atoms with E-state index in [-0.39, 0.29) is 11.8 Å². The summed E-state index contributed by atoms with van der Waals surface area (Å²) in [6.45, 7) is 10.2. The van der Waals surface area contributed by atoms with Crippen molar-refractivity contribution in [3.8, 4) is 0 Å². The van der Waals surface area contributed by atoms with E-state index in [1.54, 1.807) is 0 Å². The van der Waals surface area contributed by atoms with Crippen LogP contribution >= 0.6 is 0 Å². The van der Waals surface area contributed by atoms with Crippen LogP contribution in [0.2, 0.25) is 0 Å². The third-order valence-electron chi connectivity index (χ3n) is 5.56. The van der Waals surface area contributed by atoms with Crippen LogP contribution in [-0.4, -0.2) is 60.3 Å². The normalized spacial score (nSPS) is 19.4. The van der Waals surface area contributed by atoms with E-state index in [0.717, 1.165) is 57.0 Å². The van der Waals surface area contributed by atoms with E-state index in [9.17, 15) is 4.79 Å². The second-order valence-electron chi connectivity index (χ2n) is 7.43. The number of likely N-dealkylation sites (tertiary alicyclic amines) is 1. The molecule has 0 aliphatic carbocycles. The molecular weight excluding hydrogens is 314 g/mol. The summed E-state index contributed by atoms with van der Waals surface area (Å²) in [6.07, 6.45) is 5.51. The molecule has 1 N–H and O–H groups in total. The van der Waals surface area contributed by atoms with Gasteiger partial charge in [0.15, 0.2) is 5.82 Å². The Morgan fingerprint density at radius 1 is 1.16 bits per heavy atom. The maximum Gasteiger partial charge on any atom is 0.223 e. The monoisotopic (exact) mass is 345 g/mol. The molecule has 3 heterocycles. The molecule has 2 aliphatic heterocycles. The zero-order chi connectivity index (χ0) is 17.6. The smallest absolute Gasteiger partial charge is 0.223 e. The average molecular weight is 345 g/mol. The summed E-state index contributed by atoms with van der Waals surface area (Å²) in [5.74, 6) is 1.31. The quantitative estimate of drug-likeness (QED) is 0.798. The van der Waals surface area contributed by atoms with Crippen LogP contribution in [-0.2, 0) is 4.79 Å². The Hall–Kier alpha value is -1.69. The molecule has 3 rings (SSSR count). The lowest BCUT2D eigenvalue weighted by atomic mass is 9.96. The summed E-state index contributed by atoms with van der Waals surface area (Å²) in [7, 11) is 0. The Morgan fingerprint density at radius 2 is 1.88 bits per heavy atom. The van der Waals surface area contributed by atoms with Gasteiger partial charge < -0.3 is 15.1 Å². The van der Waals surface area contributed by atoms with Crippen LogP contribution < -0.4 is 10.2 Å². The third kappa shape index (κ3) is 4.91. The van der Waals surface area contributed by atoms with Gasteiger partial charge in [-0.2, -0.15) is 5.10 Å². The first kappa shape index (κ1) is 18.1. The molecule has 6 nitrogen and oxygen atoms in total. The van der Waals surface area contributed by atoms with Gasteiger partial charge in [0.1, 0.15) is 0 Å². The van der Waals surface area contributed by atoms with Crippen LogP contribution in [0, 0.1) is 19.8 Å². The lowest BCUT2D eigenvalue weighted by molar-refractivity contribution is -0.125. The highest BCUT2D eigenvalue weighted by Crippen LogP contribution is 2.22. The van der Waals surface area contributed by atoms with E-state index in [1.165, 1.54) is 31.5 Å². The third-order valence-corrected chi connectivity index (χ3v) is 5.56. The van der Waals surface area contributed by atoms with Gasteiger partial charge in [-0.3, -0.25) is 4.79 Å². The minimum Gasteiger partial charge on any atom is -0.356 e. The molecule has 0 radical (unpaired) electrons. The van der Waals surface area contributed by atoms with Crippen molar-refractivity contribution in [3.63, 3.8) is 0 Å². The Morgan fingerprint density at radius 3 is 2.56 bits per heavy atom. The highest BCUT2D eigenvalue weighted by Gasteiger charge is 2.25. The van der Waals surface area contributed by atoms with Crippen LogP contribution in [0.1, 0.15) is 43.4 Å². The fourth-order valence-electron chi connectivity index (χ4n) is 3.72. The van der Waals surface area contributed by atoms with Crippen molar-refractivity contribution in [3.05, 3.63) is 17.3 Å². The zero-order valence-electron chi connectivity index (χ0n) is 15.6. The van der Waals surface area contributed by atoms with E-state index in [4.69, 9.17) is 0 Å². The largest absolute Gasteiger partial charge is 0.356 e. The molecule has 0 atom stereocenters. The molecule has 138 valence electrons. The van der Waals surface area contributed by atoms with Crippen molar-refractivity contribution in [2.45, 2.75) is 46.0 Å². The maximum absolute atomic E-state index is 12.4. The van der Waals surface area contributed by atoms with Gasteiger partial charge in [-0.15, -0.1) is 5.10 Å². The van der Waals surface area contributed by atoms with E-state index in [2.05, 4.69) is 38.3 Å². The molecule has 0 aromatic carbocycles. The van der Waals surface area contributed by atoms with Crippen molar-refractivity contribution in [2.24, 2.45) is 5.92 Å². The van der Waals surface area contributed by atoms with Crippen LogP contribution in [0.5, 0.6) is 0 Å². The minimum absolute atomic E-state index is 0.141. The number of nitrogens with zero attached hydrogens (tertiary/aromatic N) is 4. The van der Waals surface area contributed by atoms with Crippen LogP contribution in [0.25, 0.3) is 0 Å². The van der Waals surface area contributed by atoms with Crippen LogP contribution in [0.3, 0.4) is 0 Å². The summed E-state index contributed by atoms with van der Waals surface area (Å²) in [5, 5.41) is 11.7. The zero-order valence-corrected chi connectivity index (χ0v) is 15.6. The Kier molecular flexibility index (Phi) is 6.24. The first-order valence-electron chi connectivity index (χ1n) is 9.69. The molecule has 25 heavy (non-hydrogen) atoms.